The Morgan fingerprint density at radius 3 is 2.45 bits per heavy atom. The van der Waals surface area contributed by atoms with E-state index in [2.05, 4.69) is 69.5 Å². The lowest BCUT2D eigenvalue weighted by Crippen LogP contribution is -2.44. The largest absolute Gasteiger partial charge is 0.304 e. The lowest BCUT2D eigenvalue weighted by Gasteiger charge is -2.32. The fraction of sp³-hybridized carbons (Fsp3) is 0.294. The van der Waals surface area contributed by atoms with Crippen LogP contribution in [0, 0.1) is 10.1 Å². The van der Waals surface area contributed by atoms with Crippen LogP contribution in [0.5, 0.6) is 0 Å². The number of para-hydroxylation sites is 1. The first-order valence-corrected chi connectivity index (χ1v) is 16.9. The van der Waals surface area contributed by atoms with E-state index in [0.29, 0.717) is 15.8 Å². The van der Waals surface area contributed by atoms with Crippen molar-refractivity contribution >= 4 is 40.0 Å². The molecule has 0 spiro atoms. The van der Waals surface area contributed by atoms with Crippen molar-refractivity contribution < 1.29 is 4.92 Å². The lowest BCUT2D eigenvalue weighted by atomic mass is 10.1. The highest BCUT2D eigenvalue weighted by molar-refractivity contribution is 7.99. The Kier molecular flexibility index (Phi) is 9.92. The van der Waals surface area contributed by atoms with Crippen molar-refractivity contribution in [1.29, 1.82) is 0 Å². The van der Waals surface area contributed by atoms with E-state index in [1.807, 2.05) is 47.0 Å². The molecule has 0 saturated carbocycles. The van der Waals surface area contributed by atoms with Gasteiger partial charge in [-0.25, -0.2) is 0 Å². The molecule has 0 bridgehead atoms. The van der Waals surface area contributed by atoms with Gasteiger partial charge in [-0.1, -0.05) is 66.7 Å². The van der Waals surface area contributed by atoms with Gasteiger partial charge in [0.2, 0.25) is 5.16 Å². The number of hydrogen-bond donors (Lipinski definition) is 0. The molecule has 1 aromatic heterocycles. The van der Waals surface area contributed by atoms with Gasteiger partial charge in [0, 0.05) is 43.7 Å². The molecule has 4 aromatic carbocycles. The van der Waals surface area contributed by atoms with Gasteiger partial charge in [-0.15, -0.1) is 22.0 Å². The average Bonchev–Trinajstić information content (AvgIpc) is 3.45. The number of rotatable bonds is 12. The van der Waals surface area contributed by atoms with Crippen LogP contribution in [-0.4, -0.2) is 69.3 Å². The number of fused-ring (bicyclic) bond motifs is 1. The van der Waals surface area contributed by atoms with E-state index in [1.54, 1.807) is 17.8 Å². The highest BCUT2D eigenvalue weighted by Crippen LogP contribution is 2.37. The van der Waals surface area contributed by atoms with Gasteiger partial charge in [-0.3, -0.25) is 14.7 Å². The summed E-state index contributed by atoms with van der Waals surface area (Å²) in [6, 6.07) is 30.5. The van der Waals surface area contributed by atoms with Crippen LogP contribution in [-0.2, 0) is 17.9 Å². The molecule has 0 atom stereocenters. The molecule has 5 aromatic rings. The summed E-state index contributed by atoms with van der Waals surface area (Å²) in [4.78, 5) is 17.3. The van der Waals surface area contributed by atoms with Crippen LogP contribution in [0.4, 0.5) is 5.69 Å². The van der Waals surface area contributed by atoms with Crippen LogP contribution in [0.3, 0.4) is 0 Å². The molecule has 0 radical (unpaired) electrons. The molecule has 0 unspecified atom stereocenters. The van der Waals surface area contributed by atoms with E-state index in [9.17, 15) is 10.1 Å². The molecule has 0 aliphatic carbocycles. The first-order valence-electron chi connectivity index (χ1n) is 15.0. The van der Waals surface area contributed by atoms with Gasteiger partial charge >= 0.3 is 0 Å². The van der Waals surface area contributed by atoms with Gasteiger partial charge in [0.1, 0.15) is 5.82 Å². The van der Waals surface area contributed by atoms with Crippen LogP contribution in [0.15, 0.2) is 101 Å². The van der Waals surface area contributed by atoms with Gasteiger partial charge in [-0.2, -0.15) is 0 Å². The first-order chi connectivity index (χ1) is 21.5. The fourth-order valence-corrected chi connectivity index (χ4v) is 7.49. The molecular formula is C34H36N6O2S2. The van der Waals surface area contributed by atoms with E-state index in [1.165, 1.54) is 28.1 Å². The van der Waals surface area contributed by atoms with Crippen molar-refractivity contribution in [3.63, 3.8) is 0 Å². The minimum absolute atomic E-state index is 0.113. The summed E-state index contributed by atoms with van der Waals surface area (Å²) in [5.74, 6) is 2.31. The van der Waals surface area contributed by atoms with E-state index in [-0.39, 0.29) is 10.6 Å². The summed E-state index contributed by atoms with van der Waals surface area (Å²) in [5.41, 5.74) is 3.32. The Balaban J connectivity index is 1.18. The Morgan fingerprint density at radius 2 is 1.64 bits per heavy atom. The molecule has 6 rings (SSSR count). The van der Waals surface area contributed by atoms with Gasteiger partial charge in [0.05, 0.1) is 15.6 Å². The third-order valence-electron chi connectivity index (χ3n) is 8.04. The van der Waals surface area contributed by atoms with Crippen molar-refractivity contribution in [1.82, 2.24) is 24.6 Å². The van der Waals surface area contributed by atoms with Crippen LogP contribution >= 0.6 is 23.5 Å². The molecule has 44 heavy (non-hydrogen) atoms. The number of aromatic nitrogens is 3. The van der Waals surface area contributed by atoms with Crippen molar-refractivity contribution in [2.45, 2.75) is 34.4 Å². The predicted octanol–water partition coefficient (Wildman–Crippen LogP) is 7.09. The normalized spacial score (nSPS) is 14.3. The van der Waals surface area contributed by atoms with Gasteiger partial charge in [0.25, 0.3) is 5.69 Å². The highest BCUT2D eigenvalue weighted by atomic mass is 32.2. The summed E-state index contributed by atoms with van der Waals surface area (Å²) >= 11 is 3.08. The van der Waals surface area contributed by atoms with Gasteiger partial charge < -0.3 is 9.80 Å². The number of nitro benzene ring substituents is 1. The molecule has 0 N–H and O–H groups in total. The minimum Gasteiger partial charge on any atom is -0.304 e. The summed E-state index contributed by atoms with van der Waals surface area (Å²) in [6.45, 7) is 5.36. The van der Waals surface area contributed by atoms with E-state index in [4.69, 9.17) is 0 Å². The summed E-state index contributed by atoms with van der Waals surface area (Å²) in [6.07, 6.45) is 1.80. The maximum Gasteiger partial charge on any atom is 0.283 e. The second kappa shape index (κ2) is 14.4. The summed E-state index contributed by atoms with van der Waals surface area (Å²) in [5, 5.41) is 24.4. The number of nitro groups is 1. The topological polar surface area (TPSA) is 80.3 Å². The van der Waals surface area contributed by atoms with E-state index in [0.717, 1.165) is 68.4 Å². The second-order valence-electron chi connectivity index (χ2n) is 11.1. The quantitative estimate of drug-likeness (QED) is 0.108. The first kappa shape index (κ1) is 30.3. The third kappa shape index (κ3) is 7.32. The molecular weight excluding hydrogens is 589 g/mol. The Bertz CT molecular complexity index is 1710. The van der Waals surface area contributed by atoms with Crippen LogP contribution in [0.25, 0.3) is 16.5 Å². The molecule has 1 fully saturated rings. The van der Waals surface area contributed by atoms with E-state index >= 15 is 0 Å². The maximum atomic E-state index is 12.2. The van der Waals surface area contributed by atoms with Crippen molar-refractivity contribution in [3.8, 4) is 5.69 Å². The Hall–Kier alpha value is -3.70. The number of likely N-dealkylation sites (N-methyl/N-ethyl adjacent to an activating group) is 1. The van der Waals surface area contributed by atoms with Gasteiger partial charge in [-0.05, 0) is 78.3 Å². The summed E-state index contributed by atoms with van der Waals surface area (Å²) < 4.78 is 2.02. The molecule has 1 saturated heterocycles. The third-order valence-corrected chi connectivity index (χ3v) is 10.0. The molecule has 10 heteroatoms. The molecule has 8 nitrogen and oxygen atoms in total. The molecule has 1 aliphatic heterocycles. The predicted molar refractivity (Wildman–Crippen MR) is 180 cm³/mol. The fourth-order valence-electron chi connectivity index (χ4n) is 5.59. The monoisotopic (exact) mass is 624 g/mol. The standard InChI is InChI=1S/C34H36N6O2S2/c1-37-19-21-38(22-20-37)18-8-9-26-16-17-32(31(23-26)40(41)42)44-34-36-35-33(39(34)29-13-3-2-4-14-29)25-43-24-28-12-7-11-27-10-5-6-15-30(27)28/h2-7,10-17,23H,8-9,18-22,24-25H2,1H3. The molecule has 2 heterocycles. The number of hydrogen-bond acceptors (Lipinski definition) is 8. The van der Waals surface area contributed by atoms with Crippen molar-refractivity contribution in [2.24, 2.45) is 0 Å². The minimum atomic E-state index is -0.281. The highest BCUT2D eigenvalue weighted by Gasteiger charge is 2.22. The van der Waals surface area contributed by atoms with Crippen molar-refractivity contribution in [3.05, 3.63) is 118 Å². The average molecular weight is 625 g/mol. The zero-order valence-electron chi connectivity index (χ0n) is 24.8. The molecule has 0 amide bonds. The number of benzene rings is 4. The van der Waals surface area contributed by atoms with E-state index < -0.39 is 0 Å². The van der Waals surface area contributed by atoms with Crippen LogP contribution in [0.2, 0.25) is 0 Å². The van der Waals surface area contributed by atoms with Crippen molar-refractivity contribution in [2.75, 3.05) is 39.8 Å². The number of thioether (sulfide) groups is 1. The smallest absolute Gasteiger partial charge is 0.283 e. The molecule has 226 valence electrons. The van der Waals surface area contributed by atoms with Crippen LogP contribution < -0.4 is 0 Å². The summed E-state index contributed by atoms with van der Waals surface area (Å²) in [7, 11) is 2.16. The van der Waals surface area contributed by atoms with Gasteiger partial charge in [0.15, 0.2) is 0 Å². The molecule has 1 aliphatic rings. The SMILES string of the molecule is CN1CCN(CCCc2ccc(Sc3nnc(CSCc4cccc5ccccc45)n3-c3ccccc3)c([N+](=O)[O-])c2)CC1. The second-order valence-corrected chi connectivity index (χ2v) is 13.1. The Morgan fingerprint density at radius 1 is 0.864 bits per heavy atom. The number of nitrogens with zero attached hydrogens (tertiary/aromatic N) is 6. The maximum absolute atomic E-state index is 12.2. The Labute approximate surface area is 266 Å². The zero-order valence-corrected chi connectivity index (χ0v) is 26.5. The lowest BCUT2D eigenvalue weighted by molar-refractivity contribution is -0.387. The zero-order chi connectivity index (χ0) is 30.3. The number of piperazine rings is 1. The number of aryl methyl sites for hydroxylation is 1. The van der Waals surface area contributed by atoms with Crippen LogP contribution in [0.1, 0.15) is 23.4 Å².